The summed E-state index contributed by atoms with van der Waals surface area (Å²) >= 11 is 0. The van der Waals surface area contributed by atoms with Crippen LogP contribution in [0.1, 0.15) is 310 Å². The van der Waals surface area contributed by atoms with Crippen LogP contribution in [0.3, 0.4) is 0 Å². The second-order valence-electron chi connectivity index (χ2n) is 20.2. The van der Waals surface area contributed by atoms with Crippen LogP contribution >= 0.6 is 0 Å². The standard InChI is InChI=1S/C64H114O6/c1-4-7-10-13-16-19-22-24-26-28-30-31-32-33-34-36-37-39-42-45-48-51-54-57-63(66)69-60-61(59-68-62(65)56-53-50-47-44-41-21-18-15-12-9-6-3)70-64(67)58-55-52-49-46-43-40-38-35-29-27-25-23-20-17-14-11-8-5-2/h7,10,16,19,24,26,30-31,33-34,61H,4-6,8-9,11-15,17-18,20-23,25,27-29,32,35-60H2,1-3H3/b10-7-,19-16-,26-24-,31-30-,34-33-. The first-order chi connectivity index (χ1) is 34.5. The molecule has 0 bridgehead atoms. The van der Waals surface area contributed by atoms with Gasteiger partial charge in [-0.3, -0.25) is 14.4 Å². The predicted molar refractivity (Wildman–Crippen MR) is 302 cm³/mol. The van der Waals surface area contributed by atoms with Crippen molar-refractivity contribution < 1.29 is 28.6 Å². The lowest BCUT2D eigenvalue weighted by molar-refractivity contribution is -0.167. The van der Waals surface area contributed by atoms with Crippen molar-refractivity contribution in [1.29, 1.82) is 0 Å². The molecule has 0 N–H and O–H groups in total. The van der Waals surface area contributed by atoms with E-state index in [0.717, 1.165) is 96.3 Å². The van der Waals surface area contributed by atoms with Crippen molar-refractivity contribution in [2.45, 2.75) is 316 Å². The number of hydrogen-bond donors (Lipinski definition) is 0. The van der Waals surface area contributed by atoms with E-state index in [4.69, 9.17) is 14.2 Å². The van der Waals surface area contributed by atoms with Crippen LogP contribution in [-0.2, 0) is 28.6 Å². The smallest absolute Gasteiger partial charge is 0.306 e. The van der Waals surface area contributed by atoms with E-state index in [9.17, 15) is 14.4 Å². The summed E-state index contributed by atoms with van der Waals surface area (Å²) in [5.74, 6) is -0.869. The summed E-state index contributed by atoms with van der Waals surface area (Å²) in [6.07, 6.45) is 73.6. The SMILES string of the molecule is CC/C=C\C/C=C\C/C=C\C/C=C\C/C=C\CCCCCCCCCC(=O)OCC(COC(=O)CCCCCCCCCCCCC)OC(=O)CCCCCCCCCCCCCCCCCCCC. The molecule has 0 aliphatic carbocycles. The first-order valence-electron chi connectivity index (χ1n) is 30.3. The Morgan fingerprint density at radius 2 is 0.557 bits per heavy atom. The minimum absolute atomic E-state index is 0.0733. The molecule has 0 amide bonds. The van der Waals surface area contributed by atoms with Gasteiger partial charge in [-0.05, 0) is 64.2 Å². The maximum atomic E-state index is 12.9. The number of ether oxygens (including phenoxy) is 3. The fourth-order valence-corrected chi connectivity index (χ4v) is 8.77. The van der Waals surface area contributed by atoms with Crippen molar-refractivity contribution in [3.8, 4) is 0 Å². The van der Waals surface area contributed by atoms with Crippen LogP contribution < -0.4 is 0 Å². The number of allylic oxidation sites excluding steroid dienone is 10. The predicted octanol–water partition coefficient (Wildman–Crippen LogP) is 20.4. The molecule has 0 spiro atoms. The molecule has 1 unspecified atom stereocenters. The van der Waals surface area contributed by atoms with E-state index in [2.05, 4.69) is 81.5 Å². The highest BCUT2D eigenvalue weighted by atomic mass is 16.6. The molecule has 1 atom stereocenters. The van der Waals surface area contributed by atoms with Crippen molar-refractivity contribution in [1.82, 2.24) is 0 Å². The number of carbonyl (C=O) groups excluding carboxylic acids is 3. The summed E-state index contributed by atoms with van der Waals surface area (Å²) in [4.78, 5) is 38.2. The minimum atomic E-state index is -0.775. The third-order valence-electron chi connectivity index (χ3n) is 13.3. The molecule has 0 aliphatic heterocycles. The van der Waals surface area contributed by atoms with Gasteiger partial charge in [0.2, 0.25) is 0 Å². The van der Waals surface area contributed by atoms with E-state index in [0.29, 0.717) is 19.3 Å². The van der Waals surface area contributed by atoms with Gasteiger partial charge in [0.05, 0.1) is 0 Å². The first kappa shape index (κ1) is 67.1. The molecule has 0 aliphatic rings. The van der Waals surface area contributed by atoms with Crippen molar-refractivity contribution in [2.24, 2.45) is 0 Å². The fourth-order valence-electron chi connectivity index (χ4n) is 8.77. The highest BCUT2D eigenvalue weighted by Crippen LogP contribution is 2.17. The number of esters is 3. The zero-order chi connectivity index (χ0) is 50.7. The Balaban J connectivity index is 4.30. The van der Waals surface area contributed by atoms with Gasteiger partial charge in [-0.1, -0.05) is 287 Å². The van der Waals surface area contributed by atoms with Gasteiger partial charge in [-0.2, -0.15) is 0 Å². The van der Waals surface area contributed by atoms with Gasteiger partial charge in [-0.25, -0.2) is 0 Å². The lowest BCUT2D eigenvalue weighted by Gasteiger charge is -2.18. The Morgan fingerprint density at radius 1 is 0.300 bits per heavy atom. The summed E-state index contributed by atoms with van der Waals surface area (Å²) in [5, 5.41) is 0. The van der Waals surface area contributed by atoms with E-state index < -0.39 is 6.10 Å². The summed E-state index contributed by atoms with van der Waals surface area (Å²) < 4.78 is 16.9. The van der Waals surface area contributed by atoms with Gasteiger partial charge in [0.25, 0.3) is 0 Å². The van der Waals surface area contributed by atoms with Crippen LogP contribution in [0.25, 0.3) is 0 Å². The van der Waals surface area contributed by atoms with E-state index in [1.54, 1.807) is 0 Å². The van der Waals surface area contributed by atoms with E-state index in [-0.39, 0.29) is 31.1 Å². The summed E-state index contributed by atoms with van der Waals surface area (Å²) in [6.45, 7) is 6.55. The number of rotatable bonds is 55. The van der Waals surface area contributed by atoms with Gasteiger partial charge in [0.1, 0.15) is 13.2 Å². The molecule has 0 heterocycles. The second kappa shape index (κ2) is 58.7. The van der Waals surface area contributed by atoms with Gasteiger partial charge in [0, 0.05) is 19.3 Å². The molecular weight excluding hydrogens is 865 g/mol. The summed E-state index contributed by atoms with van der Waals surface area (Å²) in [5.41, 5.74) is 0. The molecule has 0 saturated heterocycles. The topological polar surface area (TPSA) is 78.9 Å². The molecule has 0 aromatic carbocycles. The van der Waals surface area contributed by atoms with E-state index in [1.807, 2.05) is 0 Å². The highest BCUT2D eigenvalue weighted by molar-refractivity contribution is 5.71. The lowest BCUT2D eigenvalue weighted by Crippen LogP contribution is -2.30. The van der Waals surface area contributed by atoms with Crippen LogP contribution in [0.5, 0.6) is 0 Å². The number of unbranched alkanes of at least 4 members (excludes halogenated alkanes) is 34. The second-order valence-corrected chi connectivity index (χ2v) is 20.2. The zero-order valence-electron chi connectivity index (χ0n) is 46.5. The van der Waals surface area contributed by atoms with Crippen LogP contribution in [0.2, 0.25) is 0 Å². The molecule has 0 fully saturated rings. The summed E-state index contributed by atoms with van der Waals surface area (Å²) in [6, 6.07) is 0. The Bertz CT molecular complexity index is 1260. The van der Waals surface area contributed by atoms with Crippen LogP contribution in [-0.4, -0.2) is 37.2 Å². The molecule has 406 valence electrons. The van der Waals surface area contributed by atoms with Crippen molar-refractivity contribution in [3.63, 3.8) is 0 Å². The van der Waals surface area contributed by atoms with Crippen LogP contribution in [0.4, 0.5) is 0 Å². The van der Waals surface area contributed by atoms with Crippen LogP contribution in [0.15, 0.2) is 60.8 Å². The molecule has 6 heteroatoms. The monoisotopic (exact) mass is 979 g/mol. The molecule has 6 nitrogen and oxygen atoms in total. The van der Waals surface area contributed by atoms with E-state index in [1.165, 1.54) is 173 Å². The normalized spacial score (nSPS) is 12.4. The van der Waals surface area contributed by atoms with Crippen molar-refractivity contribution >= 4 is 17.9 Å². The largest absolute Gasteiger partial charge is 0.462 e. The quantitative estimate of drug-likeness (QED) is 0.0261. The van der Waals surface area contributed by atoms with Gasteiger partial charge < -0.3 is 14.2 Å². The molecule has 0 saturated carbocycles. The van der Waals surface area contributed by atoms with Gasteiger partial charge >= 0.3 is 17.9 Å². The van der Waals surface area contributed by atoms with Gasteiger partial charge in [-0.15, -0.1) is 0 Å². The zero-order valence-corrected chi connectivity index (χ0v) is 46.5. The lowest BCUT2D eigenvalue weighted by atomic mass is 10.0. The maximum Gasteiger partial charge on any atom is 0.306 e. The Hall–Kier alpha value is -2.89. The van der Waals surface area contributed by atoms with Crippen LogP contribution in [0, 0.1) is 0 Å². The van der Waals surface area contributed by atoms with Gasteiger partial charge in [0.15, 0.2) is 6.10 Å². The average Bonchev–Trinajstić information content (AvgIpc) is 3.36. The molecule has 0 radical (unpaired) electrons. The average molecular weight is 980 g/mol. The van der Waals surface area contributed by atoms with E-state index >= 15 is 0 Å². The highest BCUT2D eigenvalue weighted by Gasteiger charge is 2.19. The Morgan fingerprint density at radius 3 is 0.871 bits per heavy atom. The molecule has 0 aromatic rings. The number of carbonyl (C=O) groups is 3. The first-order valence-corrected chi connectivity index (χ1v) is 30.3. The third-order valence-corrected chi connectivity index (χ3v) is 13.3. The molecule has 0 rings (SSSR count). The maximum absolute atomic E-state index is 12.9. The number of hydrogen-bond acceptors (Lipinski definition) is 6. The summed E-state index contributed by atoms with van der Waals surface area (Å²) in [7, 11) is 0. The Kier molecular flexibility index (Phi) is 56.3. The molecule has 70 heavy (non-hydrogen) atoms. The van der Waals surface area contributed by atoms with Crippen molar-refractivity contribution in [2.75, 3.05) is 13.2 Å². The fraction of sp³-hybridized carbons (Fsp3) is 0.797. The molecule has 0 aromatic heterocycles. The molecular formula is C64H114O6. The minimum Gasteiger partial charge on any atom is -0.462 e. The third kappa shape index (κ3) is 56.0. The Labute approximate surface area is 434 Å². The van der Waals surface area contributed by atoms with Crippen molar-refractivity contribution in [3.05, 3.63) is 60.8 Å².